The molecule has 58 valence electrons. The maximum absolute atomic E-state index is 9.68. The number of rotatable bonds is 2. The van der Waals surface area contributed by atoms with Crippen molar-refractivity contribution in [2.45, 2.75) is 12.5 Å². The topological polar surface area (TPSA) is 20.2 Å². The van der Waals surface area contributed by atoms with Gasteiger partial charge < -0.3 is 5.11 Å². The fourth-order valence-electron chi connectivity index (χ4n) is 0.893. The van der Waals surface area contributed by atoms with E-state index in [0.29, 0.717) is 0 Å². The average molecular weight is 148 g/mol. The Morgan fingerprint density at radius 3 is 2.36 bits per heavy atom. The molecule has 0 heterocycles. The quantitative estimate of drug-likeness (QED) is 0.636. The van der Waals surface area contributed by atoms with Gasteiger partial charge in [-0.05, 0) is 12.5 Å². The Labute approximate surface area is 67.0 Å². The SMILES string of the molecule is C=CC(C)(O)c1ccccc1. The van der Waals surface area contributed by atoms with Crippen molar-refractivity contribution in [2.75, 3.05) is 0 Å². The fraction of sp³-hybridized carbons (Fsp3) is 0.200. The largest absolute Gasteiger partial charge is 0.381 e. The van der Waals surface area contributed by atoms with Crippen LogP contribution in [0.1, 0.15) is 12.5 Å². The summed E-state index contributed by atoms with van der Waals surface area (Å²) in [6, 6.07) is 9.46. The lowest BCUT2D eigenvalue weighted by atomic mass is 9.97. The van der Waals surface area contributed by atoms with Crippen LogP contribution in [-0.2, 0) is 5.60 Å². The second-order valence-corrected chi connectivity index (χ2v) is 2.72. The van der Waals surface area contributed by atoms with Crippen molar-refractivity contribution in [1.29, 1.82) is 0 Å². The van der Waals surface area contributed by atoms with E-state index in [1.807, 2.05) is 30.3 Å². The van der Waals surface area contributed by atoms with Crippen LogP contribution in [0.15, 0.2) is 43.0 Å². The average Bonchev–Trinajstić information content (AvgIpc) is 2.06. The van der Waals surface area contributed by atoms with Gasteiger partial charge in [-0.15, -0.1) is 0 Å². The molecule has 0 spiro atoms. The Morgan fingerprint density at radius 1 is 1.36 bits per heavy atom. The van der Waals surface area contributed by atoms with Crippen LogP contribution in [0.3, 0.4) is 0 Å². The first-order valence-corrected chi connectivity index (χ1v) is 3.58. The van der Waals surface area contributed by atoms with Gasteiger partial charge in [0.2, 0.25) is 0 Å². The number of benzene rings is 1. The molecule has 1 atom stereocenters. The summed E-state index contributed by atoms with van der Waals surface area (Å²) in [5.74, 6) is 0. The number of hydrogen-bond donors (Lipinski definition) is 1. The van der Waals surface area contributed by atoms with Gasteiger partial charge in [-0.3, -0.25) is 0 Å². The Kier molecular flexibility index (Phi) is 2.11. The van der Waals surface area contributed by atoms with E-state index in [2.05, 4.69) is 6.58 Å². The van der Waals surface area contributed by atoms with Crippen molar-refractivity contribution in [3.8, 4) is 0 Å². The van der Waals surface area contributed by atoms with E-state index >= 15 is 0 Å². The Balaban J connectivity index is 3.02. The van der Waals surface area contributed by atoms with Crippen LogP contribution in [0.4, 0.5) is 0 Å². The van der Waals surface area contributed by atoms with Gasteiger partial charge >= 0.3 is 0 Å². The van der Waals surface area contributed by atoms with Gasteiger partial charge in [-0.25, -0.2) is 0 Å². The van der Waals surface area contributed by atoms with Crippen molar-refractivity contribution in [2.24, 2.45) is 0 Å². The minimum absolute atomic E-state index is 0.870. The van der Waals surface area contributed by atoms with Crippen LogP contribution in [0.2, 0.25) is 0 Å². The minimum atomic E-state index is -0.902. The molecule has 11 heavy (non-hydrogen) atoms. The maximum Gasteiger partial charge on any atom is 0.105 e. The van der Waals surface area contributed by atoms with Gasteiger partial charge in [-0.2, -0.15) is 0 Å². The molecule has 0 fully saturated rings. The number of hydrogen-bond acceptors (Lipinski definition) is 1. The van der Waals surface area contributed by atoms with Crippen molar-refractivity contribution < 1.29 is 5.11 Å². The van der Waals surface area contributed by atoms with E-state index in [0.717, 1.165) is 5.56 Å². The molecule has 0 aliphatic carbocycles. The van der Waals surface area contributed by atoms with Crippen LogP contribution in [0, 0.1) is 0 Å². The van der Waals surface area contributed by atoms with Crippen molar-refractivity contribution >= 4 is 0 Å². The van der Waals surface area contributed by atoms with Crippen LogP contribution in [0.25, 0.3) is 0 Å². The van der Waals surface area contributed by atoms with Gasteiger partial charge in [0, 0.05) is 0 Å². The molecule has 0 aliphatic rings. The maximum atomic E-state index is 9.68. The highest BCUT2D eigenvalue weighted by Crippen LogP contribution is 2.20. The lowest BCUT2D eigenvalue weighted by molar-refractivity contribution is 0.111. The monoisotopic (exact) mass is 148 g/mol. The van der Waals surface area contributed by atoms with E-state index in [1.54, 1.807) is 6.92 Å². The first kappa shape index (κ1) is 8.02. The second kappa shape index (κ2) is 2.89. The Bertz CT molecular complexity index is 236. The second-order valence-electron chi connectivity index (χ2n) is 2.72. The summed E-state index contributed by atoms with van der Waals surface area (Å²) in [4.78, 5) is 0. The predicted octanol–water partition coefficient (Wildman–Crippen LogP) is 2.08. The van der Waals surface area contributed by atoms with Gasteiger partial charge in [0.05, 0.1) is 0 Å². The van der Waals surface area contributed by atoms with E-state index in [9.17, 15) is 5.11 Å². The molecule has 0 aliphatic heterocycles. The Morgan fingerprint density at radius 2 is 1.91 bits per heavy atom. The Hall–Kier alpha value is -1.08. The third-order valence-electron chi connectivity index (χ3n) is 1.76. The molecule has 1 unspecified atom stereocenters. The molecule has 0 radical (unpaired) electrons. The zero-order valence-corrected chi connectivity index (χ0v) is 6.62. The third kappa shape index (κ3) is 1.69. The van der Waals surface area contributed by atoms with Crippen LogP contribution in [0.5, 0.6) is 0 Å². The van der Waals surface area contributed by atoms with Crippen molar-refractivity contribution in [1.82, 2.24) is 0 Å². The minimum Gasteiger partial charge on any atom is -0.381 e. The molecular weight excluding hydrogens is 136 g/mol. The highest BCUT2D eigenvalue weighted by molar-refractivity contribution is 5.25. The molecule has 0 aromatic heterocycles. The first-order chi connectivity index (χ1) is 5.17. The standard InChI is InChI=1S/C10H12O/c1-3-10(2,11)9-7-5-4-6-8-9/h3-8,11H,1H2,2H3. The molecule has 1 rings (SSSR count). The molecule has 0 saturated carbocycles. The molecule has 1 N–H and O–H groups in total. The smallest absolute Gasteiger partial charge is 0.105 e. The summed E-state index contributed by atoms with van der Waals surface area (Å²) < 4.78 is 0. The molecular formula is C10H12O. The highest BCUT2D eigenvalue weighted by Gasteiger charge is 2.16. The molecule has 1 aromatic carbocycles. The molecule has 0 bridgehead atoms. The molecule has 1 aromatic rings. The summed E-state index contributed by atoms with van der Waals surface area (Å²) in [7, 11) is 0. The van der Waals surface area contributed by atoms with Crippen LogP contribution >= 0.6 is 0 Å². The molecule has 0 amide bonds. The molecule has 0 saturated heterocycles. The summed E-state index contributed by atoms with van der Waals surface area (Å²) in [5, 5.41) is 9.68. The zero-order chi connectivity index (χ0) is 8.32. The lowest BCUT2D eigenvalue weighted by Crippen LogP contribution is -2.16. The van der Waals surface area contributed by atoms with E-state index in [4.69, 9.17) is 0 Å². The summed E-state index contributed by atoms with van der Waals surface area (Å²) >= 11 is 0. The first-order valence-electron chi connectivity index (χ1n) is 3.58. The molecule has 1 nitrogen and oxygen atoms in total. The fourth-order valence-corrected chi connectivity index (χ4v) is 0.893. The van der Waals surface area contributed by atoms with Gasteiger partial charge in [0.25, 0.3) is 0 Å². The summed E-state index contributed by atoms with van der Waals surface area (Å²) in [5.41, 5.74) is -0.0312. The normalized spacial score (nSPS) is 15.5. The van der Waals surface area contributed by atoms with Crippen LogP contribution in [-0.4, -0.2) is 5.11 Å². The summed E-state index contributed by atoms with van der Waals surface area (Å²) in [6.45, 7) is 5.28. The predicted molar refractivity (Wildman–Crippen MR) is 46.2 cm³/mol. The third-order valence-corrected chi connectivity index (χ3v) is 1.76. The van der Waals surface area contributed by atoms with Gasteiger partial charge in [-0.1, -0.05) is 43.0 Å². The van der Waals surface area contributed by atoms with Crippen molar-refractivity contribution in [3.63, 3.8) is 0 Å². The van der Waals surface area contributed by atoms with Gasteiger partial charge in [0.15, 0.2) is 0 Å². The molecule has 1 heteroatoms. The van der Waals surface area contributed by atoms with E-state index < -0.39 is 5.60 Å². The lowest BCUT2D eigenvalue weighted by Gasteiger charge is -2.18. The van der Waals surface area contributed by atoms with E-state index in [-0.39, 0.29) is 0 Å². The van der Waals surface area contributed by atoms with Crippen molar-refractivity contribution in [3.05, 3.63) is 48.6 Å². The summed E-state index contributed by atoms with van der Waals surface area (Å²) in [6.07, 6.45) is 1.53. The van der Waals surface area contributed by atoms with E-state index in [1.165, 1.54) is 6.08 Å². The van der Waals surface area contributed by atoms with Crippen LogP contribution < -0.4 is 0 Å². The highest BCUT2D eigenvalue weighted by atomic mass is 16.3. The number of aliphatic hydroxyl groups is 1. The zero-order valence-electron chi connectivity index (χ0n) is 6.62. The van der Waals surface area contributed by atoms with Gasteiger partial charge in [0.1, 0.15) is 5.60 Å².